The fourth-order valence-corrected chi connectivity index (χ4v) is 1.82. The lowest BCUT2D eigenvalue weighted by Crippen LogP contribution is -2.09. The van der Waals surface area contributed by atoms with Crippen molar-refractivity contribution in [2.24, 2.45) is 0 Å². The number of hydrogen-bond acceptors (Lipinski definition) is 4. The molecule has 0 radical (unpaired) electrons. The molecule has 21 heavy (non-hydrogen) atoms. The van der Waals surface area contributed by atoms with E-state index < -0.39 is 0 Å². The minimum atomic E-state index is -0.293. The summed E-state index contributed by atoms with van der Waals surface area (Å²) in [6.07, 6.45) is 5.09. The Morgan fingerprint density at radius 1 is 1.24 bits per heavy atom. The Hall–Kier alpha value is -2.10. The molecule has 0 spiro atoms. The molecule has 0 fully saturated rings. The van der Waals surface area contributed by atoms with Crippen LogP contribution in [0.2, 0.25) is 0 Å². The molecule has 4 heteroatoms. The van der Waals surface area contributed by atoms with Gasteiger partial charge in [0, 0.05) is 5.57 Å². The summed E-state index contributed by atoms with van der Waals surface area (Å²) in [5.74, 6) is 0.223. The molecule has 0 amide bonds. The molecule has 0 saturated heterocycles. The van der Waals surface area contributed by atoms with Crippen molar-refractivity contribution in [3.63, 3.8) is 0 Å². The third kappa shape index (κ3) is 5.81. The predicted molar refractivity (Wildman–Crippen MR) is 81.6 cm³/mol. The van der Waals surface area contributed by atoms with Crippen molar-refractivity contribution >= 4 is 12.3 Å². The molecule has 0 atom stereocenters. The number of unbranched alkanes of at least 4 members (excludes halogenated alkanes) is 1. The van der Waals surface area contributed by atoms with E-state index in [1.165, 1.54) is 0 Å². The summed E-state index contributed by atoms with van der Waals surface area (Å²) >= 11 is 0. The lowest BCUT2D eigenvalue weighted by molar-refractivity contribution is -0.138. The van der Waals surface area contributed by atoms with Crippen molar-refractivity contribution in [2.75, 3.05) is 13.2 Å². The predicted octanol–water partition coefficient (Wildman–Crippen LogP) is 3.56. The Morgan fingerprint density at radius 2 is 2.00 bits per heavy atom. The van der Waals surface area contributed by atoms with Crippen LogP contribution in [0.25, 0.3) is 0 Å². The molecule has 114 valence electrons. The van der Waals surface area contributed by atoms with Crippen molar-refractivity contribution in [3.05, 3.63) is 41.5 Å². The van der Waals surface area contributed by atoms with Gasteiger partial charge in [-0.15, -0.1) is 0 Å². The first-order chi connectivity index (χ1) is 10.2. The van der Waals surface area contributed by atoms with Gasteiger partial charge in [0.25, 0.3) is 0 Å². The van der Waals surface area contributed by atoms with Gasteiger partial charge in [-0.2, -0.15) is 0 Å². The van der Waals surface area contributed by atoms with Crippen LogP contribution >= 0.6 is 0 Å². The SMILES string of the molecule is CCCC/C(=C\COc1ccccc1C=O)C(=O)OCC. The number of esters is 1. The van der Waals surface area contributed by atoms with Crippen LogP contribution in [0.3, 0.4) is 0 Å². The van der Waals surface area contributed by atoms with Gasteiger partial charge in [0.1, 0.15) is 12.4 Å². The van der Waals surface area contributed by atoms with Crippen LogP contribution in [-0.4, -0.2) is 25.5 Å². The van der Waals surface area contributed by atoms with Crippen molar-refractivity contribution in [3.8, 4) is 5.75 Å². The summed E-state index contributed by atoms with van der Waals surface area (Å²) in [5, 5.41) is 0. The molecule has 0 bridgehead atoms. The van der Waals surface area contributed by atoms with E-state index in [-0.39, 0.29) is 12.6 Å². The second-order valence-corrected chi connectivity index (χ2v) is 4.52. The average molecular weight is 290 g/mol. The number of hydrogen-bond donors (Lipinski definition) is 0. The first-order valence-electron chi connectivity index (χ1n) is 7.26. The second-order valence-electron chi connectivity index (χ2n) is 4.52. The number of aldehydes is 1. The molecule has 0 aliphatic carbocycles. The zero-order valence-electron chi connectivity index (χ0n) is 12.6. The van der Waals surface area contributed by atoms with E-state index in [9.17, 15) is 9.59 Å². The largest absolute Gasteiger partial charge is 0.489 e. The number of rotatable bonds is 9. The Labute approximate surface area is 125 Å². The smallest absolute Gasteiger partial charge is 0.333 e. The van der Waals surface area contributed by atoms with Gasteiger partial charge in [-0.05, 0) is 38.0 Å². The highest BCUT2D eigenvalue weighted by molar-refractivity contribution is 5.88. The average Bonchev–Trinajstić information content (AvgIpc) is 2.51. The van der Waals surface area contributed by atoms with E-state index in [1.807, 2.05) is 0 Å². The van der Waals surface area contributed by atoms with E-state index >= 15 is 0 Å². The third-order valence-electron chi connectivity index (χ3n) is 2.95. The molecular formula is C17H22O4. The second kappa shape index (κ2) is 9.75. The molecule has 1 rings (SSSR count). The molecule has 0 saturated carbocycles. The molecule has 0 unspecified atom stereocenters. The van der Waals surface area contributed by atoms with Crippen molar-refractivity contribution in [2.45, 2.75) is 33.1 Å². The Balaban J connectivity index is 2.68. The topological polar surface area (TPSA) is 52.6 Å². The molecule has 0 aliphatic rings. The standard InChI is InChI=1S/C17H22O4/c1-3-5-8-14(17(19)20-4-2)11-12-21-16-10-7-6-9-15(16)13-18/h6-7,9-11,13H,3-5,8,12H2,1-2H3/b14-11+. The van der Waals surface area contributed by atoms with Gasteiger partial charge < -0.3 is 9.47 Å². The van der Waals surface area contributed by atoms with Crippen LogP contribution in [0.1, 0.15) is 43.5 Å². The van der Waals surface area contributed by atoms with Gasteiger partial charge in [0.15, 0.2) is 6.29 Å². The summed E-state index contributed by atoms with van der Waals surface area (Å²) in [7, 11) is 0. The number of carbonyl (C=O) groups excluding carboxylic acids is 2. The lowest BCUT2D eigenvalue weighted by atomic mass is 10.1. The summed E-state index contributed by atoms with van der Waals surface area (Å²) in [6.45, 7) is 4.45. The molecule has 0 aliphatic heterocycles. The van der Waals surface area contributed by atoms with Crippen molar-refractivity contribution in [1.29, 1.82) is 0 Å². The first kappa shape index (κ1) is 17.0. The summed E-state index contributed by atoms with van der Waals surface area (Å²) < 4.78 is 10.6. The normalized spacial score (nSPS) is 11.0. The number of benzene rings is 1. The Bertz CT molecular complexity index is 491. The van der Waals surface area contributed by atoms with E-state index in [1.54, 1.807) is 37.3 Å². The Morgan fingerprint density at radius 3 is 2.67 bits per heavy atom. The summed E-state index contributed by atoms with van der Waals surface area (Å²) in [4.78, 5) is 22.7. The van der Waals surface area contributed by atoms with E-state index in [2.05, 4.69) is 6.92 Å². The quantitative estimate of drug-likeness (QED) is 0.396. The van der Waals surface area contributed by atoms with Gasteiger partial charge in [-0.25, -0.2) is 4.79 Å². The molecular weight excluding hydrogens is 268 g/mol. The number of para-hydroxylation sites is 1. The molecule has 1 aromatic rings. The zero-order valence-corrected chi connectivity index (χ0v) is 12.6. The summed E-state index contributed by atoms with van der Waals surface area (Å²) in [6, 6.07) is 7.00. The first-order valence-corrected chi connectivity index (χ1v) is 7.26. The monoisotopic (exact) mass is 290 g/mol. The molecule has 0 N–H and O–H groups in total. The van der Waals surface area contributed by atoms with Crippen LogP contribution in [0, 0.1) is 0 Å². The van der Waals surface area contributed by atoms with Gasteiger partial charge in [0.2, 0.25) is 0 Å². The fourth-order valence-electron chi connectivity index (χ4n) is 1.82. The number of carbonyl (C=O) groups is 2. The summed E-state index contributed by atoms with van der Waals surface area (Å²) in [5.41, 5.74) is 1.12. The van der Waals surface area contributed by atoms with E-state index in [4.69, 9.17) is 9.47 Å². The van der Waals surface area contributed by atoms with Crippen LogP contribution < -0.4 is 4.74 Å². The maximum absolute atomic E-state index is 11.8. The van der Waals surface area contributed by atoms with Crippen LogP contribution in [0.4, 0.5) is 0 Å². The fraction of sp³-hybridized carbons (Fsp3) is 0.412. The maximum atomic E-state index is 11.8. The lowest BCUT2D eigenvalue weighted by Gasteiger charge is -2.09. The van der Waals surface area contributed by atoms with Gasteiger partial charge in [-0.1, -0.05) is 25.5 Å². The van der Waals surface area contributed by atoms with Gasteiger partial charge >= 0.3 is 5.97 Å². The van der Waals surface area contributed by atoms with E-state index in [0.29, 0.717) is 29.9 Å². The molecule has 4 nitrogen and oxygen atoms in total. The Kier molecular flexibility index (Phi) is 7.87. The third-order valence-corrected chi connectivity index (χ3v) is 2.95. The molecule has 1 aromatic carbocycles. The highest BCUT2D eigenvalue weighted by Crippen LogP contribution is 2.16. The maximum Gasteiger partial charge on any atom is 0.333 e. The molecule has 0 heterocycles. The van der Waals surface area contributed by atoms with Crippen LogP contribution in [-0.2, 0) is 9.53 Å². The minimum absolute atomic E-state index is 0.239. The van der Waals surface area contributed by atoms with Gasteiger partial charge in [0.05, 0.1) is 12.2 Å². The molecule has 0 aromatic heterocycles. The van der Waals surface area contributed by atoms with Crippen LogP contribution in [0.5, 0.6) is 5.75 Å². The van der Waals surface area contributed by atoms with Crippen molar-refractivity contribution < 1.29 is 19.1 Å². The highest BCUT2D eigenvalue weighted by Gasteiger charge is 2.10. The highest BCUT2D eigenvalue weighted by atomic mass is 16.5. The number of ether oxygens (including phenoxy) is 2. The van der Waals surface area contributed by atoms with Crippen molar-refractivity contribution in [1.82, 2.24) is 0 Å². The van der Waals surface area contributed by atoms with Gasteiger partial charge in [-0.3, -0.25) is 4.79 Å². The minimum Gasteiger partial charge on any atom is -0.489 e. The van der Waals surface area contributed by atoms with Crippen LogP contribution in [0.15, 0.2) is 35.9 Å². The zero-order chi connectivity index (χ0) is 15.5. The van der Waals surface area contributed by atoms with E-state index in [0.717, 1.165) is 19.1 Å².